The predicted octanol–water partition coefficient (Wildman–Crippen LogP) is 2.98. The summed E-state index contributed by atoms with van der Waals surface area (Å²) >= 11 is 5.62. The zero-order valence-electron chi connectivity index (χ0n) is 10.4. The predicted molar refractivity (Wildman–Crippen MR) is 67.6 cm³/mol. The van der Waals surface area contributed by atoms with E-state index in [1.54, 1.807) is 4.90 Å². The molecule has 0 N–H and O–H groups in total. The van der Waals surface area contributed by atoms with Gasteiger partial charge in [0.1, 0.15) is 11.6 Å². The molecule has 0 bridgehead atoms. The van der Waals surface area contributed by atoms with Gasteiger partial charge in [0, 0.05) is 24.5 Å². The van der Waals surface area contributed by atoms with Crippen LogP contribution >= 0.6 is 11.6 Å². The van der Waals surface area contributed by atoms with Crippen molar-refractivity contribution < 1.29 is 13.6 Å². The van der Waals surface area contributed by atoms with Crippen molar-refractivity contribution in [3.05, 3.63) is 35.4 Å². The van der Waals surface area contributed by atoms with Gasteiger partial charge in [-0.3, -0.25) is 4.79 Å². The molecule has 1 aromatic rings. The minimum absolute atomic E-state index is 0.000223. The molecule has 0 aromatic heterocycles. The Balaban J connectivity index is 2.79. The van der Waals surface area contributed by atoms with E-state index < -0.39 is 11.6 Å². The van der Waals surface area contributed by atoms with Crippen LogP contribution in [0.25, 0.3) is 0 Å². The molecule has 0 saturated heterocycles. The highest BCUT2D eigenvalue weighted by Gasteiger charge is 2.18. The Hall–Kier alpha value is -1.16. The lowest BCUT2D eigenvalue weighted by atomic mass is 10.1. The standard InChI is InChI=1S/C13H16ClF2NO/c1-9(2)17(6-5-14)13(18)7-10-3-4-11(15)8-12(10)16/h3-4,8-9H,5-7H2,1-2H3. The van der Waals surface area contributed by atoms with E-state index in [0.29, 0.717) is 12.4 Å². The van der Waals surface area contributed by atoms with Crippen LogP contribution in [-0.2, 0) is 11.2 Å². The summed E-state index contributed by atoms with van der Waals surface area (Å²) in [7, 11) is 0. The molecule has 0 aliphatic rings. The van der Waals surface area contributed by atoms with Crippen molar-refractivity contribution in [1.29, 1.82) is 0 Å². The van der Waals surface area contributed by atoms with Crippen LogP contribution in [-0.4, -0.2) is 29.3 Å². The first-order chi connectivity index (χ1) is 8.45. The van der Waals surface area contributed by atoms with Crippen molar-refractivity contribution in [2.75, 3.05) is 12.4 Å². The van der Waals surface area contributed by atoms with Crippen LogP contribution in [0.4, 0.5) is 8.78 Å². The molecule has 0 heterocycles. The van der Waals surface area contributed by atoms with E-state index in [-0.39, 0.29) is 23.9 Å². The third-order valence-electron chi connectivity index (χ3n) is 2.63. The number of alkyl halides is 1. The molecular formula is C13H16ClF2NO. The van der Waals surface area contributed by atoms with Gasteiger partial charge in [-0.05, 0) is 25.5 Å². The number of carbonyl (C=O) groups excluding carboxylic acids is 1. The lowest BCUT2D eigenvalue weighted by molar-refractivity contribution is -0.131. The van der Waals surface area contributed by atoms with Gasteiger partial charge in [-0.15, -0.1) is 11.6 Å². The van der Waals surface area contributed by atoms with E-state index in [1.807, 2.05) is 13.8 Å². The van der Waals surface area contributed by atoms with Crippen molar-refractivity contribution in [3.8, 4) is 0 Å². The van der Waals surface area contributed by atoms with Gasteiger partial charge in [-0.1, -0.05) is 6.07 Å². The van der Waals surface area contributed by atoms with E-state index in [1.165, 1.54) is 6.07 Å². The minimum Gasteiger partial charge on any atom is -0.339 e. The topological polar surface area (TPSA) is 20.3 Å². The smallest absolute Gasteiger partial charge is 0.227 e. The molecule has 0 atom stereocenters. The Morgan fingerprint density at radius 3 is 2.56 bits per heavy atom. The summed E-state index contributed by atoms with van der Waals surface area (Å²) in [5, 5.41) is 0. The summed E-state index contributed by atoms with van der Waals surface area (Å²) in [5.74, 6) is -1.23. The van der Waals surface area contributed by atoms with Crippen LogP contribution in [0.15, 0.2) is 18.2 Å². The van der Waals surface area contributed by atoms with Gasteiger partial charge < -0.3 is 4.90 Å². The number of carbonyl (C=O) groups is 1. The number of halogens is 3. The zero-order chi connectivity index (χ0) is 13.7. The maximum absolute atomic E-state index is 13.4. The quantitative estimate of drug-likeness (QED) is 0.757. The second-order valence-corrected chi connectivity index (χ2v) is 4.66. The Morgan fingerprint density at radius 2 is 2.06 bits per heavy atom. The number of rotatable bonds is 5. The van der Waals surface area contributed by atoms with Gasteiger partial charge in [0.05, 0.1) is 6.42 Å². The maximum Gasteiger partial charge on any atom is 0.227 e. The normalized spacial score (nSPS) is 10.8. The second kappa shape index (κ2) is 6.69. The van der Waals surface area contributed by atoms with Crippen molar-refractivity contribution >= 4 is 17.5 Å². The first-order valence-electron chi connectivity index (χ1n) is 5.75. The summed E-state index contributed by atoms with van der Waals surface area (Å²) in [5.41, 5.74) is 0.196. The molecule has 0 aliphatic heterocycles. The highest BCUT2D eigenvalue weighted by Crippen LogP contribution is 2.12. The summed E-state index contributed by atoms with van der Waals surface area (Å²) in [6.07, 6.45) is -0.0822. The van der Waals surface area contributed by atoms with Gasteiger partial charge >= 0.3 is 0 Å². The molecule has 0 aliphatic carbocycles. The van der Waals surface area contributed by atoms with E-state index in [2.05, 4.69) is 0 Å². The minimum atomic E-state index is -0.696. The summed E-state index contributed by atoms with van der Waals surface area (Å²) in [6.45, 7) is 4.15. The Kier molecular flexibility index (Phi) is 5.54. The maximum atomic E-state index is 13.4. The second-order valence-electron chi connectivity index (χ2n) is 4.28. The fourth-order valence-electron chi connectivity index (χ4n) is 1.69. The lowest BCUT2D eigenvalue weighted by Gasteiger charge is -2.26. The van der Waals surface area contributed by atoms with Gasteiger partial charge in [-0.2, -0.15) is 0 Å². The highest BCUT2D eigenvalue weighted by atomic mass is 35.5. The van der Waals surface area contributed by atoms with Gasteiger partial charge in [-0.25, -0.2) is 8.78 Å². The van der Waals surface area contributed by atoms with Crippen molar-refractivity contribution in [1.82, 2.24) is 4.90 Å². The molecular weight excluding hydrogens is 260 g/mol. The van der Waals surface area contributed by atoms with Crippen LogP contribution in [0.3, 0.4) is 0 Å². The van der Waals surface area contributed by atoms with E-state index in [4.69, 9.17) is 11.6 Å². The van der Waals surface area contributed by atoms with Crippen LogP contribution in [0.1, 0.15) is 19.4 Å². The van der Waals surface area contributed by atoms with E-state index in [0.717, 1.165) is 12.1 Å². The summed E-state index contributed by atoms with van der Waals surface area (Å²) < 4.78 is 26.2. The Labute approximate surface area is 111 Å². The first kappa shape index (κ1) is 14.9. The molecule has 0 spiro atoms. The molecule has 2 nitrogen and oxygen atoms in total. The molecule has 0 fully saturated rings. The van der Waals surface area contributed by atoms with Gasteiger partial charge in [0.15, 0.2) is 0 Å². The van der Waals surface area contributed by atoms with Crippen LogP contribution in [0, 0.1) is 11.6 Å². The van der Waals surface area contributed by atoms with Crippen LogP contribution < -0.4 is 0 Å². The molecule has 1 rings (SSSR count). The third-order valence-corrected chi connectivity index (χ3v) is 2.79. The number of nitrogens with zero attached hydrogens (tertiary/aromatic N) is 1. The molecule has 18 heavy (non-hydrogen) atoms. The molecule has 100 valence electrons. The number of amides is 1. The van der Waals surface area contributed by atoms with E-state index in [9.17, 15) is 13.6 Å². The van der Waals surface area contributed by atoms with Crippen molar-refractivity contribution in [2.24, 2.45) is 0 Å². The summed E-state index contributed by atoms with van der Waals surface area (Å²) in [4.78, 5) is 13.6. The monoisotopic (exact) mass is 275 g/mol. The molecule has 1 aromatic carbocycles. The van der Waals surface area contributed by atoms with Crippen molar-refractivity contribution in [3.63, 3.8) is 0 Å². The van der Waals surface area contributed by atoms with Crippen molar-refractivity contribution in [2.45, 2.75) is 26.3 Å². The number of hydrogen-bond donors (Lipinski definition) is 0. The zero-order valence-corrected chi connectivity index (χ0v) is 11.2. The molecule has 0 radical (unpaired) electrons. The van der Waals surface area contributed by atoms with Gasteiger partial charge in [0.25, 0.3) is 0 Å². The number of benzene rings is 1. The molecule has 0 saturated carbocycles. The Bertz CT molecular complexity index is 423. The van der Waals surface area contributed by atoms with E-state index >= 15 is 0 Å². The average molecular weight is 276 g/mol. The Morgan fingerprint density at radius 1 is 1.39 bits per heavy atom. The summed E-state index contributed by atoms with van der Waals surface area (Å²) in [6, 6.07) is 3.22. The largest absolute Gasteiger partial charge is 0.339 e. The first-order valence-corrected chi connectivity index (χ1v) is 6.28. The van der Waals surface area contributed by atoms with Gasteiger partial charge in [0.2, 0.25) is 5.91 Å². The molecule has 1 amide bonds. The molecule has 0 unspecified atom stereocenters. The van der Waals surface area contributed by atoms with Crippen LogP contribution in [0.2, 0.25) is 0 Å². The average Bonchev–Trinajstić information content (AvgIpc) is 2.29. The fraction of sp³-hybridized carbons (Fsp3) is 0.462. The highest BCUT2D eigenvalue weighted by molar-refractivity contribution is 6.18. The SMILES string of the molecule is CC(C)N(CCCl)C(=O)Cc1ccc(F)cc1F. The fourth-order valence-corrected chi connectivity index (χ4v) is 1.87. The number of hydrogen-bond acceptors (Lipinski definition) is 1. The third kappa shape index (κ3) is 3.95. The van der Waals surface area contributed by atoms with Crippen LogP contribution in [0.5, 0.6) is 0 Å². The molecule has 5 heteroatoms. The lowest BCUT2D eigenvalue weighted by Crippen LogP contribution is -2.39.